The fourth-order valence-corrected chi connectivity index (χ4v) is 2.32. The summed E-state index contributed by atoms with van der Waals surface area (Å²) in [6, 6.07) is 1.57. The first-order valence-corrected chi connectivity index (χ1v) is 6.20. The van der Waals surface area contributed by atoms with Crippen LogP contribution in [0.15, 0.2) is 18.5 Å². The van der Waals surface area contributed by atoms with Gasteiger partial charge in [0.15, 0.2) is 10.0 Å². The number of methoxy groups -OCH3 is 1. The molecule has 8 heteroatoms. The van der Waals surface area contributed by atoms with Crippen molar-refractivity contribution in [2.45, 2.75) is 0 Å². The zero-order chi connectivity index (χ0) is 13.1. The van der Waals surface area contributed by atoms with Crippen LogP contribution in [0.2, 0.25) is 10.2 Å². The zero-order valence-corrected chi connectivity index (χ0v) is 11.3. The number of rotatable bonds is 3. The van der Waals surface area contributed by atoms with Crippen molar-refractivity contribution in [3.8, 4) is 10.9 Å². The van der Waals surface area contributed by atoms with Crippen LogP contribution in [0.25, 0.3) is 0 Å². The largest absolute Gasteiger partial charge is 0.465 e. The van der Waals surface area contributed by atoms with E-state index in [2.05, 4.69) is 14.7 Å². The molecule has 2 heterocycles. The van der Waals surface area contributed by atoms with Crippen LogP contribution < -0.4 is 4.74 Å². The number of carbonyl (C=O) groups excluding carboxylic acids is 1. The van der Waals surface area contributed by atoms with Crippen LogP contribution in [0.5, 0.6) is 10.9 Å². The van der Waals surface area contributed by atoms with Crippen molar-refractivity contribution < 1.29 is 14.3 Å². The van der Waals surface area contributed by atoms with Crippen molar-refractivity contribution in [1.82, 2.24) is 9.97 Å². The molecule has 0 aromatic carbocycles. The van der Waals surface area contributed by atoms with Crippen LogP contribution >= 0.6 is 34.5 Å². The first-order chi connectivity index (χ1) is 8.60. The van der Waals surface area contributed by atoms with Gasteiger partial charge in [-0.05, 0) is 0 Å². The van der Waals surface area contributed by atoms with E-state index in [1.807, 2.05) is 0 Å². The number of carbonyl (C=O) groups is 1. The average Bonchev–Trinajstić information content (AvgIpc) is 2.69. The first-order valence-electron chi connectivity index (χ1n) is 4.63. The molecule has 0 saturated carbocycles. The van der Waals surface area contributed by atoms with Gasteiger partial charge in [-0.1, -0.05) is 34.5 Å². The van der Waals surface area contributed by atoms with E-state index in [4.69, 9.17) is 27.9 Å². The Morgan fingerprint density at radius 3 is 2.83 bits per heavy atom. The Balaban J connectivity index is 2.23. The molecule has 2 aromatic heterocycles. The maximum atomic E-state index is 11.3. The van der Waals surface area contributed by atoms with Crippen molar-refractivity contribution in [3.05, 3.63) is 33.5 Å². The second-order valence-electron chi connectivity index (χ2n) is 3.03. The quantitative estimate of drug-likeness (QED) is 0.813. The fourth-order valence-electron chi connectivity index (χ4n) is 1.09. The van der Waals surface area contributed by atoms with Gasteiger partial charge in [-0.3, -0.25) is 4.98 Å². The second-order valence-corrected chi connectivity index (χ2v) is 4.79. The number of ether oxygens (including phenoxy) is 2. The zero-order valence-electron chi connectivity index (χ0n) is 9.02. The van der Waals surface area contributed by atoms with Gasteiger partial charge in [-0.2, -0.15) is 4.98 Å². The van der Waals surface area contributed by atoms with Gasteiger partial charge in [0.1, 0.15) is 5.75 Å². The van der Waals surface area contributed by atoms with Crippen LogP contribution in [0.4, 0.5) is 0 Å². The van der Waals surface area contributed by atoms with Crippen molar-refractivity contribution in [2.75, 3.05) is 7.11 Å². The van der Waals surface area contributed by atoms with Gasteiger partial charge < -0.3 is 9.47 Å². The molecule has 0 aliphatic heterocycles. The Kier molecular flexibility index (Phi) is 4.00. The number of thiazole rings is 1. The Labute approximate surface area is 116 Å². The van der Waals surface area contributed by atoms with Crippen molar-refractivity contribution in [1.29, 1.82) is 0 Å². The molecule has 0 aliphatic rings. The van der Waals surface area contributed by atoms with Gasteiger partial charge in [0.25, 0.3) is 5.19 Å². The number of esters is 1. The highest BCUT2D eigenvalue weighted by Crippen LogP contribution is 2.32. The minimum atomic E-state index is -0.559. The molecule has 18 heavy (non-hydrogen) atoms. The lowest BCUT2D eigenvalue weighted by molar-refractivity contribution is 0.0606. The van der Waals surface area contributed by atoms with Gasteiger partial charge in [-0.25, -0.2) is 4.79 Å². The highest BCUT2D eigenvalue weighted by Gasteiger charge is 2.18. The third kappa shape index (κ3) is 2.90. The maximum Gasteiger partial charge on any atom is 0.351 e. The SMILES string of the molecule is COC(=O)c1sc(Oc2cncc(Cl)c2)nc1Cl. The predicted octanol–water partition coefficient (Wildman–Crippen LogP) is 3.42. The van der Waals surface area contributed by atoms with Crippen molar-refractivity contribution in [3.63, 3.8) is 0 Å². The summed E-state index contributed by atoms with van der Waals surface area (Å²) in [6.45, 7) is 0. The highest BCUT2D eigenvalue weighted by molar-refractivity contribution is 7.15. The maximum absolute atomic E-state index is 11.3. The molecular formula is C10H6Cl2N2O3S. The molecule has 0 saturated heterocycles. The minimum Gasteiger partial charge on any atom is -0.465 e. The number of nitrogens with zero attached hydrogens (tertiary/aromatic N) is 2. The third-order valence-electron chi connectivity index (χ3n) is 1.82. The third-order valence-corrected chi connectivity index (χ3v) is 3.33. The number of pyridine rings is 1. The molecule has 0 N–H and O–H groups in total. The van der Waals surface area contributed by atoms with Crippen LogP contribution in [-0.4, -0.2) is 23.0 Å². The van der Waals surface area contributed by atoms with Gasteiger partial charge in [0, 0.05) is 12.3 Å². The smallest absolute Gasteiger partial charge is 0.351 e. The Hall–Kier alpha value is -1.37. The molecule has 0 spiro atoms. The van der Waals surface area contributed by atoms with E-state index in [0.717, 1.165) is 11.3 Å². The number of hydrogen-bond acceptors (Lipinski definition) is 6. The average molecular weight is 305 g/mol. The van der Waals surface area contributed by atoms with E-state index in [-0.39, 0.29) is 15.2 Å². The Morgan fingerprint density at radius 2 is 2.17 bits per heavy atom. The monoisotopic (exact) mass is 304 g/mol. The summed E-state index contributed by atoms with van der Waals surface area (Å²) in [5, 5.41) is 0.685. The second kappa shape index (κ2) is 5.51. The van der Waals surface area contributed by atoms with E-state index >= 15 is 0 Å². The summed E-state index contributed by atoms with van der Waals surface area (Å²) in [5.74, 6) is -0.152. The molecule has 0 aliphatic carbocycles. The lowest BCUT2D eigenvalue weighted by Crippen LogP contribution is -1.98. The number of aromatic nitrogens is 2. The predicted molar refractivity (Wildman–Crippen MR) is 67.8 cm³/mol. The topological polar surface area (TPSA) is 61.3 Å². The van der Waals surface area contributed by atoms with Gasteiger partial charge in [0.05, 0.1) is 18.3 Å². The molecule has 94 valence electrons. The lowest BCUT2D eigenvalue weighted by atomic mass is 10.5. The van der Waals surface area contributed by atoms with Gasteiger partial charge in [-0.15, -0.1) is 0 Å². The summed E-state index contributed by atoms with van der Waals surface area (Å²) in [7, 11) is 1.26. The van der Waals surface area contributed by atoms with Crippen LogP contribution in [0.3, 0.4) is 0 Å². The van der Waals surface area contributed by atoms with Gasteiger partial charge in [0.2, 0.25) is 0 Å². The van der Waals surface area contributed by atoms with Crippen molar-refractivity contribution in [2.24, 2.45) is 0 Å². The molecule has 0 atom stereocenters. The molecule has 0 fully saturated rings. The standard InChI is InChI=1S/C10H6Cl2N2O3S/c1-16-9(15)7-8(12)14-10(18-7)17-6-2-5(11)3-13-4-6/h2-4H,1H3. The minimum absolute atomic E-state index is 0.0387. The van der Waals surface area contributed by atoms with E-state index in [0.29, 0.717) is 10.8 Å². The van der Waals surface area contributed by atoms with E-state index in [1.54, 1.807) is 6.07 Å². The molecule has 0 radical (unpaired) electrons. The van der Waals surface area contributed by atoms with Crippen LogP contribution in [0, 0.1) is 0 Å². The first kappa shape index (κ1) is 13.1. The van der Waals surface area contributed by atoms with E-state index < -0.39 is 5.97 Å². The lowest BCUT2D eigenvalue weighted by Gasteiger charge is -2.00. The highest BCUT2D eigenvalue weighted by atomic mass is 35.5. The Morgan fingerprint density at radius 1 is 1.39 bits per heavy atom. The summed E-state index contributed by atoms with van der Waals surface area (Å²) in [5.41, 5.74) is 0. The Bertz CT molecular complexity index is 588. The number of halogens is 2. The van der Waals surface area contributed by atoms with Gasteiger partial charge >= 0.3 is 5.97 Å². The molecule has 0 unspecified atom stereocenters. The van der Waals surface area contributed by atoms with Crippen LogP contribution in [-0.2, 0) is 4.74 Å². The fraction of sp³-hybridized carbons (Fsp3) is 0.100. The summed E-state index contributed by atoms with van der Waals surface area (Å²) in [6.07, 6.45) is 2.95. The van der Waals surface area contributed by atoms with Crippen molar-refractivity contribution >= 4 is 40.5 Å². The molecule has 2 rings (SSSR count). The molecule has 5 nitrogen and oxygen atoms in total. The van der Waals surface area contributed by atoms with E-state index in [9.17, 15) is 4.79 Å². The number of hydrogen-bond donors (Lipinski definition) is 0. The van der Waals surface area contributed by atoms with E-state index in [1.165, 1.54) is 19.5 Å². The summed E-state index contributed by atoms with van der Waals surface area (Å²) >= 11 is 12.5. The summed E-state index contributed by atoms with van der Waals surface area (Å²) in [4.78, 5) is 19.3. The molecule has 0 amide bonds. The molecule has 0 bridgehead atoms. The summed E-state index contributed by atoms with van der Waals surface area (Å²) < 4.78 is 9.94. The normalized spacial score (nSPS) is 10.2. The van der Waals surface area contributed by atoms with Crippen LogP contribution in [0.1, 0.15) is 9.67 Å². The molecular weight excluding hydrogens is 299 g/mol. The molecule has 2 aromatic rings.